The molecule has 0 unspecified atom stereocenters. The monoisotopic (exact) mass is 320 g/mol. The topological polar surface area (TPSA) is 55.6 Å². The van der Waals surface area contributed by atoms with Crippen LogP contribution in [0.5, 0.6) is 0 Å². The van der Waals surface area contributed by atoms with Crippen LogP contribution in [0.25, 0.3) is 0 Å². The van der Waals surface area contributed by atoms with Crippen molar-refractivity contribution < 1.29 is 13.9 Å². The minimum atomic E-state index is -0.314. The fraction of sp³-hybridized carbons (Fsp3) is 0.611. The van der Waals surface area contributed by atoms with E-state index in [4.69, 9.17) is 10.5 Å². The smallest absolute Gasteiger partial charge is 0.254 e. The molecule has 1 aromatic carbocycles. The minimum Gasteiger partial charge on any atom is -0.376 e. The van der Waals surface area contributed by atoms with Gasteiger partial charge in [0.2, 0.25) is 0 Å². The molecule has 2 aliphatic rings. The first-order valence-electron chi connectivity index (χ1n) is 8.47. The molecule has 1 heterocycles. The fourth-order valence-corrected chi connectivity index (χ4v) is 3.11. The van der Waals surface area contributed by atoms with Gasteiger partial charge in [-0.15, -0.1) is 0 Å². The van der Waals surface area contributed by atoms with Crippen LogP contribution in [0.2, 0.25) is 0 Å². The minimum absolute atomic E-state index is 0.0483. The molecule has 1 aliphatic heterocycles. The Hall–Kier alpha value is -1.46. The molecule has 0 bridgehead atoms. The van der Waals surface area contributed by atoms with Crippen LogP contribution in [0.15, 0.2) is 18.2 Å². The van der Waals surface area contributed by atoms with Gasteiger partial charge in [0.15, 0.2) is 0 Å². The van der Waals surface area contributed by atoms with Gasteiger partial charge in [0.1, 0.15) is 5.82 Å². The summed E-state index contributed by atoms with van der Waals surface area (Å²) in [4.78, 5) is 14.5. The Morgan fingerprint density at radius 2 is 2.17 bits per heavy atom. The maximum absolute atomic E-state index is 13.9. The van der Waals surface area contributed by atoms with E-state index in [-0.39, 0.29) is 30.4 Å². The highest BCUT2D eigenvalue weighted by atomic mass is 19.1. The Kier molecular flexibility index (Phi) is 4.97. The average Bonchev–Trinajstić information content (AvgIpc) is 3.33. The molecule has 0 aromatic heterocycles. The predicted octanol–water partition coefficient (Wildman–Crippen LogP) is 2.70. The summed E-state index contributed by atoms with van der Waals surface area (Å²) < 4.78 is 19.5. The van der Waals surface area contributed by atoms with Gasteiger partial charge in [-0.2, -0.15) is 0 Å². The third kappa shape index (κ3) is 4.09. The Morgan fingerprint density at radius 3 is 2.87 bits per heavy atom. The second-order valence-corrected chi connectivity index (χ2v) is 6.90. The van der Waals surface area contributed by atoms with Crippen molar-refractivity contribution >= 4 is 5.91 Å². The summed E-state index contributed by atoms with van der Waals surface area (Å²) in [5.41, 5.74) is 6.93. The highest BCUT2D eigenvalue weighted by Gasteiger charge is 2.28. The second kappa shape index (κ2) is 6.97. The van der Waals surface area contributed by atoms with Crippen molar-refractivity contribution in [1.82, 2.24) is 4.90 Å². The summed E-state index contributed by atoms with van der Waals surface area (Å²) in [5.74, 6) is 0.278. The summed E-state index contributed by atoms with van der Waals surface area (Å²) in [6.45, 7) is 3.58. The van der Waals surface area contributed by atoms with Crippen molar-refractivity contribution in [1.29, 1.82) is 0 Å². The maximum atomic E-state index is 13.9. The van der Waals surface area contributed by atoms with E-state index in [1.54, 1.807) is 12.1 Å². The predicted molar refractivity (Wildman–Crippen MR) is 86.5 cm³/mol. The van der Waals surface area contributed by atoms with Crippen LogP contribution < -0.4 is 5.73 Å². The Labute approximate surface area is 136 Å². The molecule has 23 heavy (non-hydrogen) atoms. The van der Waals surface area contributed by atoms with Crippen LogP contribution in [0.4, 0.5) is 4.39 Å². The zero-order valence-corrected chi connectivity index (χ0v) is 13.6. The van der Waals surface area contributed by atoms with Crippen LogP contribution in [0.3, 0.4) is 0 Å². The molecule has 0 radical (unpaired) electrons. The zero-order valence-electron chi connectivity index (χ0n) is 13.6. The number of ether oxygens (including phenoxy) is 1. The quantitative estimate of drug-likeness (QED) is 0.907. The van der Waals surface area contributed by atoms with Crippen LogP contribution in [-0.2, 0) is 11.3 Å². The highest BCUT2D eigenvalue weighted by molar-refractivity contribution is 5.94. The molecule has 126 valence electrons. The number of carbonyl (C=O) groups is 1. The van der Waals surface area contributed by atoms with Crippen molar-refractivity contribution in [2.24, 2.45) is 11.7 Å². The molecule has 4 nitrogen and oxygen atoms in total. The maximum Gasteiger partial charge on any atom is 0.254 e. The van der Waals surface area contributed by atoms with Crippen LogP contribution in [-0.4, -0.2) is 36.0 Å². The molecule has 1 amide bonds. The third-order valence-electron chi connectivity index (χ3n) is 4.78. The summed E-state index contributed by atoms with van der Waals surface area (Å²) >= 11 is 0. The number of benzene rings is 1. The first kappa shape index (κ1) is 16.4. The lowest BCUT2D eigenvalue weighted by atomic mass is 9.98. The van der Waals surface area contributed by atoms with Crippen molar-refractivity contribution in [3.05, 3.63) is 35.1 Å². The van der Waals surface area contributed by atoms with Gasteiger partial charge in [-0.05, 0) is 56.7 Å². The van der Waals surface area contributed by atoms with Crippen LogP contribution >= 0.6 is 0 Å². The largest absolute Gasteiger partial charge is 0.376 e. The Balaban J connectivity index is 1.67. The number of amides is 1. The standard InChI is InChI=1S/C18H25FN2O2/c1-12-8-16(20)6-7-21(12)18(22)14-4-5-17(19)15(9-14)11-23-10-13-2-3-13/h4-5,9,12-13,16H,2-3,6-8,10-11,20H2,1H3/t12-,16+/m1/s1. The van der Waals surface area contributed by atoms with Gasteiger partial charge < -0.3 is 15.4 Å². The molecule has 0 spiro atoms. The summed E-state index contributed by atoms with van der Waals surface area (Å²) in [6, 6.07) is 4.83. The summed E-state index contributed by atoms with van der Waals surface area (Å²) in [6.07, 6.45) is 4.03. The first-order chi connectivity index (χ1) is 11.0. The number of carbonyl (C=O) groups excluding carboxylic acids is 1. The molecule has 1 saturated heterocycles. The summed E-state index contributed by atoms with van der Waals surface area (Å²) in [5, 5.41) is 0. The number of rotatable bonds is 5. The molecule has 1 aromatic rings. The number of hydrogen-bond acceptors (Lipinski definition) is 3. The Morgan fingerprint density at radius 1 is 1.39 bits per heavy atom. The van der Waals surface area contributed by atoms with E-state index in [0.29, 0.717) is 30.2 Å². The van der Waals surface area contributed by atoms with E-state index < -0.39 is 0 Å². The molecule has 1 saturated carbocycles. The molecule has 2 N–H and O–H groups in total. The van der Waals surface area contributed by atoms with E-state index in [1.807, 2.05) is 11.8 Å². The number of nitrogens with two attached hydrogens (primary N) is 1. The van der Waals surface area contributed by atoms with Crippen LogP contribution in [0, 0.1) is 11.7 Å². The molecule has 3 rings (SSSR count). The highest BCUT2D eigenvalue weighted by Crippen LogP contribution is 2.29. The lowest BCUT2D eigenvalue weighted by molar-refractivity contribution is 0.0618. The summed E-state index contributed by atoms with van der Waals surface area (Å²) in [7, 11) is 0. The number of halogens is 1. The van der Waals surface area contributed by atoms with Crippen molar-refractivity contribution in [3.8, 4) is 0 Å². The zero-order chi connectivity index (χ0) is 16.4. The molecular weight excluding hydrogens is 295 g/mol. The Bertz CT molecular complexity index is 574. The van der Waals surface area contributed by atoms with E-state index >= 15 is 0 Å². The van der Waals surface area contributed by atoms with Crippen molar-refractivity contribution in [2.45, 2.75) is 51.3 Å². The molecule has 2 fully saturated rings. The van der Waals surface area contributed by atoms with Gasteiger partial charge >= 0.3 is 0 Å². The average molecular weight is 320 g/mol. The van der Waals surface area contributed by atoms with Gasteiger partial charge in [-0.25, -0.2) is 4.39 Å². The van der Waals surface area contributed by atoms with Crippen LogP contribution in [0.1, 0.15) is 48.5 Å². The van der Waals surface area contributed by atoms with Gasteiger partial charge in [-0.3, -0.25) is 4.79 Å². The fourth-order valence-electron chi connectivity index (χ4n) is 3.11. The van der Waals surface area contributed by atoms with E-state index in [2.05, 4.69) is 0 Å². The normalized spacial score (nSPS) is 24.7. The number of nitrogens with zero attached hydrogens (tertiary/aromatic N) is 1. The number of piperidine rings is 1. The molecular formula is C18H25FN2O2. The van der Waals surface area contributed by atoms with Gasteiger partial charge in [0, 0.05) is 36.4 Å². The number of hydrogen-bond donors (Lipinski definition) is 1. The lowest BCUT2D eigenvalue weighted by Gasteiger charge is -2.36. The third-order valence-corrected chi connectivity index (χ3v) is 4.78. The SMILES string of the molecule is C[C@@H]1C[C@@H](N)CCN1C(=O)c1ccc(F)c(COCC2CC2)c1. The first-order valence-corrected chi connectivity index (χ1v) is 8.47. The van der Waals surface area contributed by atoms with Gasteiger partial charge in [-0.1, -0.05) is 0 Å². The molecule has 5 heteroatoms. The van der Waals surface area contributed by atoms with E-state index in [1.165, 1.54) is 18.9 Å². The van der Waals surface area contributed by atoms with E-state index in [0.717, 1.165) is 12.8 Å². The molecule has 1 aliphatic carbocycles. The molecule has 2 atom stereocenters. The van der Waals surface area contributed by atoms with E-state index in [9.17, 15) is 9.18 Å². The second-order valence-electron chi connectivity index (χ2n) is 6.90. The number of likely N-dealkylation sites (tertiary alicyclic amines) is 1. The lowest BCUT2D eigenvalue weighted by Crippen LogP contribution is -2.48. The van der Waals surface area contributed by atoms with Gasteiger partial charge in [0.05, 0.1) is 6.61 Å². The van der Waals surface area contributed by atoms with Gasteiger partial charge in [0.25, 0.3) is 5.91 Å². The van der Waals surface area contributed by atoms with Crippen molar-refractivity contribution in [2.75, 3.05) is 13.2 Å². The van der Waals surface area contributed by atoms with Crippen molar-refractivity contribution in [3.63, 3.8) is 0 Å².